The molecule has 8 heteroatoms. The number of benzene rings is 2. The molecule has 2 aromatic carbocycles. The summed E-state index contributed by atoms with van der Waals surface area (Å²) in [5, 5.41) is 5.24. The zero-order valence-electron chi connectivity index (χ0n) is 18.5. The lowest BCUT2D eigenvalue weighted by molar-refractivity contribution is 0.308. The molecule has 0 radical (unpaired) electrons. The zero-order valence-corrected chi connectivity index (χ0v) is 19.3. The Morgan fingerprint density at radius 2 is 1.82 bits per heavy atom. The lowest BCUT2D eigenvalue weighted by atomic mass is 10.1. The maximum Gasteiger partial charge on any atom is 0.267 e. The van der Waals surface area contributed by atoms with E-state index in [1.54, 1.807) is 48.1 Å². The van der Waals surface area contributed by atoms with Crippen LogP contribution in [-0.4, -0.2) is 19.2 Å². The fraction of sp³-hybridized carbons (Fsp3) is 0.115. The summed E-state index contributed by atoms with van der Waals surface area (Å²) >= 11 is 6.06. The summed E-state index contributed by atoms with van der Waals surface area (Å²) in [5.74, 6) is 0.164. The molecule has 170 valence electrons. The van der Waals surface area contributed by atoms with Crippen molar-refractivity contribution in [3.05, 3.63) is 111 Å². The van der Waals surface area contributed by atoms with Crippen LogP contribution in [0.25, 0.3) is 22.6 Å². The Hall–Kier alpha value is -3.97. The summed E-state index contributed by atoms with van der Waals surface area (Å²) in [4.78, 5) is 18.2. The lowest BCUT2D eigenvalue weighted by Gasteiger charge is -2.12. The third kappa shape index (κ3) is 4.06. The van der Waals surface area contributed by atoms with Crippen molar-refractivity contribution < 1.29 is 9.13 Å². The summed E-state index contributed by atoms with van der Waals surface area (Å²) in [6.45, 7) is 3.94. The van der Waals surface area contributed by atoms with E-state index in [0.717, 1.165) is 11.3 Å². The van der Waals surface area contributed by atoms with E-state index in [9.17, 15) is 9.18 Å². The Labute approximate surface area is 199 Å². The van der Waals surface area contributed by atoms with E-state index in [1.165, 1.54) is 16.5 Å². The molecule has 0 bridgehead atoms. The molecule has 0 saturated carbocycles. The van der Waals surface area contributed by atoms with Crippen molar-refractivity contribution >= 4 is 17.2 Å². The van der Waals surface area contributed by atoms with Gasteiger partial charge in [-0.05, 0) is 74.0 Å². The third-order valence-electron chi connectivity index (χ3n) is 5.50. The minimum Gasteiger partial charge on any atom is -0.485 e. The molecule has 0 N–H and O–H groups in total. The van der Waals surface area contributed by atoms with Crippen LogP contribution in [0.4, 0.5) is 4.39 Å². The molecule has 0 spiro atoms. The SMILES string of the molecule is Cc1nc2c(OCc3cccc(Cl)c3)cccn2c(=O)c1-c1cc(C)n(-c2ccc(F)cc2)n1. The van der Waals surface area contributed by atoms with Gasteiger partial charge in [0.1, 0.15) is 18.1 Å². The first-order chi connectivity index (χ1) is 16.4. The van der Waals surface area contributed by atoms with Gasteiger partial charge in [0.05, 0.1) is 16.9 Å². The van der Waals surface area contributed by atoms with E-state index >= 15 is 0 Å². The van der Waals surface area contributed by atoms with E-state index in [-0.39, 0.29) is 18.0 Å². The molecule has 34 heavy (non-hydrogen) atoms. The van der Waals surface area contributed by atoms with Crippen LogP contribution in [0.5, 0.6) is 5.75 Å². The van der Waals surface area contributed by atoms with Crippen LogP contribution in [0.2, 0.25) is 5.02 Å². The van der Waals surface area contributed by atoms with Crippen LogP contribution in [0, 0.1) is 19.7 Å². The maximum atomic E-state index is 13.5. The number of rotatable bonds is 5. The molecule has 0 fully saturated rings. The quantitative estimate of drug-likeness (QED) is 0.336. The van der Waals surface area contributed by atoms with Gasteiger partial charge in [-0.2, -0.15) is 5.10 Å². The van der Waals surface area contributed by atoms with Crippen LogP contribution in [0.15, 0.2) is 77.7 Å². The van der Waals surface area contributed by atoms with Gasteiger partial charge in [0, 0.05) is 16.9 Å². The maximum absolute atomic E-state index is 13.5. The van der Waals surface area contributed by atoms with E-state index in [2.05, 4.69) is 10.1 Å². The van der Waals surface area contributed by atoms with E-state index in [0.29, 0.717) is 39.1 Å². The molecule has 0 amide bonds. The van der Waals surface area contributed by atoms with Crippen molar-refractivity contribution in [3.8, 4) is 22.7 Å². The van der Waals surface area contributed by atoms with Crippen LogP contribution >= 0.6 is 11.6 Å². The molecule has 5 rings (SSSR count). The number of fused-ring (bicyclic) bond motifs is 1. The van der Waals surface area contributed by atoms with E-state index in [1.807, 2.05) is 31.2 Å². The molecule has 0 aliphatic carbocycles. The lowest BCUT2D eigenvalue weighted by Crippen LogP contribution is -2.19. The summed E-state index contributed by atoms with van der Waals surface area (Å²) in [7, 11) is 0. The second-order valence-electron chi connectivity index (χ2n) is 7.92. The highest BCUT2D eigenvalue weighted by Gasteiger charge is 2.18. The monoisotopic (exact) mass is 474 g/mol. The van der Waals surface area contributed by atoms with Gasteiger partial charge >= 0.3 is 0 Å². The fourth-order valence-electron chi connectivity index (χ4n) is 3.88. The van der Waals surface area contributed by atoms with Gasteiger partial charge in [-0.3, -0.25) is 9.20 Å². The smallest absolute Gasteiger partial charge is 0.267 e. The average molecular weight is 475 g/mol. The number of ether oxygens (including phenoxy) is 1. The van der Waals surface area contributed by atoms with Crippen LogP contribution in [0.1, 0.15) is 17.0 Å². The fourth-order valence-corrected chi connectivity index (χ4v) is 4.09. The number of hydrogen-bond acceptors (Lipinski definition) is 4. The highest BCUT2D eigenvalue weighted by atomic mass is 35.5. The molecule has 0 aliphatic rings. The first kappa shape index (κ1) is 21.9. The second-order valence-corrected chi connectivity index (χ2v) is 8.36. The molecule has 0 aliphatic heterocycles. The second kappa shape index (κ2) is 8.76. The Morgan fingerprint density at radius 1 is 1.03 bits per heavy atom. The van der Waals surface area contributed by atoms with E-state index in [4.69, 9.17) is 16.3 Å². The molecule has 0 saturated heterocycles. The normalized spacial score (nSPS) is 11.2. The van der Waals surface area contributed by atoms with E-state index < -0.39 is 0 Å². The molecule has 3 heterocycles. The Morgan fingerprint density at radius 3 is 2.59 bits per heavy atom. The van der Waals surface area contributed by atoms with Gasteiger partial charge < -0.3 is 4.74 Å². The molecular formula is C26H20ClFN4O2. The standard InChI is InChI=1S/C26H20ClFN4O2/c1-16-13-22(30-32(16)21-10-8-20(28)9-11-21)24-17(2)29-25-23(7-4-12-31(25)26(24)33)34-15-18-5-3-6-19(27)14-18/h3-14H,15H2,1-2H3. The summed E-state index contributed by atoms with van der Waals surface area (Å²) < 4.78 is 22.4. The minimum absolute atomic E-state index is 0.250. The molecule has 6 nitrogen and oxygen atoms in total. The van der Waals surface area contributed by atoms with Crippen molar-refractivity contribution in [2.24, 2.45) is 0 Å². The Bertz CT molecular complexity index is 1570. The third-order valence-corrected chi connectivity index (χ3v) is 5.73. The molecule has 0 unspecified atom stereocenters. The van der Waals surface area contributed by atoms with Gasteiger partial charge in [0.2, 0.25) is 0 Å². The highest BCUT2D eigenvalue weighted by Crippen LogP contribution is 2.25. The van der Waals surface area contributed by atoms with Crippen LogP contribution in [0.3, 0.4) is 0 Å². The number of pyridine rings is 1. The van der Waals surface area contributed by atoms with Gasteiger partial charge in [-0.25, -0.2) is 14.1 Å². The molecular weight excluding hydrogens is 455 g/mol. The van der Waals surface area contributed by atoms with Crippen LogP contribution < -0.4 is 10.3 Å². The number of aromatic nitrogens is 4. The zero-order chi connectivity index (χ0) is 23.8. The summed E-state index contributed by atoms with van der Waals surface area (Å²) in [6.07, 6.45) is 1.66. The average Bonchev–Trinajstić information content (AvgIpc) is 3.19. The number of nitrogens with zero attached hydrogens (tertiary/aromatic N) is 4. The Kier molecular flexibility index (Phi) is 5.63. The van der Waals surface area contributed by atoms with Gasteiger partial charge in [0.15, 0.2) is 11.4 Å². The number of aryl methyl sites for hydroxylation is 2. The van der Waals surface area contributed by atoms with Gasteiger partial charge in [-0.1, -0.05) is 23.7 Å². The van der Waals surface area contributed by atoms with Gasteiger partial charge in [-0.15, -0.1) is 0 Å². The topological polar surface area (TPSA) is 61.4 Å². The molecule has 5 aromatic rings. The first-order valence-electron chi connectivity index (χ1n) is 10.6. The van der Waals surface area contributed by atoms with Crippen molar-refractivity contribution in [1.82, 2.24) is 19.2 Å². The van der Waals surface area contributed by atoms with Crippen molar-refractivity contribution in [3.63, 3.8) is 0 Å². The van der Waals surface area contributed by atoms with Crippen molar-refractivity contribution in [2.75, 3.05) is 0 Å². The largest absolute Gasteiger partial charge is 0.485 e. The molecule has 0 atom stereocenters. The first-order valence-corrected chi connectivity index (χ1v) is 11.0. The predicted molar refractivity (Wildman–Crippen MR) is 129 cm³/mol. The number of halogens is 2. The number of hydrogen-bond donors (Lipinski definition) is 0. The van der Waals surface area contributed by atoms with Crippen LogP contribution in [-0.2, 0) is 6.61 Å². The minimum atomic E-state index is -0.324. The Balaban J connectivity index is 1.55. The van der Waals surface area contributed by atoms with Gasteiger partial charge in [0.25, 0.3) is 5.56 Å². The predicted octanol–water partition coefficient (Wildman–Crippen LogP) is 5.54. The molecule has 3 aromatic heterocycles. The summed E-state index contributed by atoms with van der Waals surface area (Å²) in [6, 6.07) is 18.8. The van der Waals surface area contributed by atoms with Crippen molar-refractivity contribution in [2.45, 2.75) is 20.5 Å². The summed E-state index contributed by atoms with van der Waals surface area (Å²) in [5.41, 5.74) is 4.02. The van der Waals surface area contributed by atoms with Crippen molar-refractivity contribution in [1.29, 1.82) is 0 Å². The highest BCUT2D eigenvalue weighted by molar-refractivity contribution is 6.30.